The molecule has 3 N–H and O–H groups in total. The lowest BCUT2D eigenvalue weighted by Gasteiger charge is -2.31. The minimum Gasteiger partial charge on any atom is -0.465 e. The Morgan fingerprint density at radius 3 is 2.79 bits per heavy atom. The molecular formula is C21H28N4O4. The second kappa shape index (κ2) is 9.56. The van der Waals surface area contributed by atoms with E-state index in [1.807, 2.05) is 43.3 Å². The highest BCUT2D eigenvalue weighted by Crippen LogP contribution is 2.37. The van der Waals surface area contributed by atoms with E-state index in [2.05, 4.69) is 15.5 Å². The molecule has 1 saturated carbocycles. The lowest BCUT2D eigenvalue weighted by atomic mass is 10.0. The number of hydrogen-bond donors (Lipinski definition) is 3. The summed E-state index contributed by atoms with van der Waals surface area (Å²) in [6.07, 6.45) is 1.76. The summed E-state index contributed by atoms with van der Waals surface area (Å²) in [5, 5.41) is 19.6. The Labute approximate surface area is 170 Å². The van der Waals surface area contributed by atoms with Gasteiger partial charge >= 0.3 is 6.09 Å². The number of methoxy groups -OCH3 is 1. The van der Waals surface area contributed by atoms with Gasteiger partial charge in [-0.2, -0.15) is 5.10 Å². The van der Waals surface area contributed by atoms with Crippen molar-refractivity contribution in [1.29, 1.82) is 0 Å². The summed E-state index contributed by atoms with van der Waals surface area (Å²) >= 11 is 0. The van der Waals surface area contributed by atoms with Gasteiger partial charge in [0, 0.05) is 30.8 Å². The van der Waals surface area contributed by atoms with Crippen LogP contribution in [0.5, 0.6) is 0 Å². The van der Waals surface area contributed by atoms with Gasteiger partial charge in [0.05, 0.1) is 19.1 Å². The van der Waals surface area contributed by atoms with Crippen molar-refractivity contribution in [3.63, 3.8) is 0 Å². The zero-order valence-electron chi connectivity index (χ0n) is 16.8. The molecule has 3 atom stereocenters. The van der Waals surface area contributed by atoms with Crippen LogP contribution in [-0.2, 0) is 16.0 Å². The molecule has 1 fully saturated rings. The predicted octanol–water partition coefficient (Wildman–Crippen LogP) is 3.24. The van der Waals surface area contributed by atoms with E-state index in [0.29, 0.717) is 18.8 Å². The molecular weight excluding hydrogens is 372 g/mol. The maximum absolute atomic E-state index is 12.2. The van der Waals surface area contributed by atoms with E-state index >= 15 is 0 Å². The lowest BCUT2D eigenvalue weighted by Crippen LogP contribution is -2.46. The number of nitrogens with one attached hydrogen (secondary N) is 2. The van der Waals surface area contributed by atoms with Gasteiger partial charge in [0.2, 0.25) is 5.91 Å². The van der Waals surface area contributed by atoms with Crippen LogP contribution in [0.15, 0.2) is 36.4 Å². The third-order valence-electron chi connectivity index (χ3n) is 5.41. The predicted molar refractivity (Wildman–Crippen MR) is 109 cm³/mol. The van der Waals surface area contributed by atoms with Crippen LogP contribution in [0.2, 0.25) is 0 Å². The first-order valence-electron chi connectivity index (χ1n) is 9.87. The summed E-state index contributed by atoms with van der Waals surface area (Å²) < 4.78 is 5.13. The van der Waals surface area contributed by atoms with Gasteiger partial charge in [0.15, 0.2) is 5.82 Å². The van der Waals surface area contributed by atoms with Crippen LogP contribution in [0.4, 0.5) is 10.6 Å². The number of anilines is 1. The first-order valence-corrected chi connectivity index (χ1v) is 9.87. The first-order chi connectivity index (χ1) is 14.0. The van der Waals surface area contributed by atoms with Crippen molar-refractivity contribution in [1.82, 2.24) is 15.1 Å². The van der Waals surface area contributed by atoms with Gasteiger partial charge in [-0.05, 0) is 31.7 Å². The molecule has 29 heavy (non-hydrogen) atoms. The highest BCUT2D eigenvalue weighted by Gasteiger charge is 2.35. The first kappa shape index (κ1) is 20.9. The second-order valence-corrected chi connectivity index (χ2v) is 7.58. The van der Waals surface area contributed by atoms with Crippen LogP contribution in [0.1, 0.15) is 43.4 Å². The van der Waals surface area contributed by atoms with Crippen LogP contribution < -0.4 is 5.32 Å². The van der Waals surface area contributed by atoms with Crippen molar-refractivity contribution >= 4 is 17.8 Å². The largest absolute Gasteiger partial charge is 0.465 e. The van der Waals surface area contributed by atoms with Crippen molar-refractivity contribution in [2.75, 3.05) is 19.0 Å². The smallest absolute Gasteiger partial charge is 0.407 e. The van der Waals surface area contributed by atoms with Crippen LogP contribution in [0.25, 0.3) is 0 Å². The van der Waals surface area contributed by atoms with Gasteiger partial charge in [-0.25, -0.2) is 4.79 Å². The Morgan fingerprint density at radius 1 is 1.34 bits per heavy atom. The number of benzene rings is 1. The fourth-order valence-electron chi connectivity index (χ4n) is 4.10. The number of amides is 2. The summed E-state index contributed by atoms with van der Waals surface area (Å²) in [6.45, 7) is 2.23. The van der Waals surface area contributed by atoms with E-state index in [9.17, 15) is 14.7 Å². The minimum absolute atomic E-state index is 0.0536. The van der Waals surface area contributed by atoms with Crippen molar-refractivity contribution in [3.05, 3.63) is 47.7 Å². The Morgan fingerprint density at radius 2 is 2.10 bits per heavy atom. The fourth-order valence-corrected chi connectivity index (χ4v) is 4.10. The zero-order chi connectivity index (χ0) is 20.8. The maximum atomic E-state index is 12.2. The average molecular weight is 400 g/mol. The second-order valence-electron chi connectivity index (χ2n) is 7.58. The molecule has 0 saturated heterocycles. The van der Waals surface area contributed by atoms with E-state index in [1.54, 1.807) is 7.11 Å². The number of carboxylic acid groups (broad SMARTS) is 1. The van der Waals surface area contributed by atoms with Crippen molar-refractivity contribution in [3.8, 4) is 0 Å². The monoisotopic (exact) mass is 400 g/mol. The molecule has 2 amide bonds. The van der Waals surface area contributed by atoms with Gasteiger partial charge in [-0.1, -0.05) is 30.3 Å². The normalized spacial score (nSPS) is 19.7. The molecule has 156 valence electrons. The summed E-state index contributed by atoms with van der Waals surface area (Å²) in [6, 6.07) is 11.1. The summed E-state index contributed by atoms with van der Waals surface area (Å²) in [4.78, 5) is 25.4. The molecule has 0 spiro atoms. The van der Waals surface area contributed by atoms with Gasteiger partial charge in [-0.15, -0.1) is 0 Å². The van der Waals surface area contributed by atoms with Gasteiger partial charge in [-0.3, -0.25) is 9.89 Å². The molecule has 2 aromatic rings. The van der Waals surface area contributed by atoms with Gasteiger partial charge in [0.1, 0.15) is 0 Å². The van der Waals surface area contributed by atoms with E-state index in [-0.39, 0.29) is 23.9 Å². The van der Waals surface area contributed by atoms with Crippen molar-refractivity contribution in [2.45, 2.75) is 50.6 Å². The van der Waals surface area contributed by atoms with Gasteiger partial charge in [0.25, 0.3) is 0 Å². The summed E-state index contributed by atoms with van der Waals surface area (Å²) in [5.74, 6) is 0.556. The Hall–Kier alpha value is -2.87. The SMILES string of the molecule is COC[C@H](C)N(C(=O)O)C1CCC(c2cc(NC(=O)Cc3ccccc3)n[nH]2)C1. The number of nitrogens with zero attached hydrogens (tertiary/aromatic N) is 2. The Kier molecular flexibility index (Phi) is 6.87. The van der Waals surface area contributed by atoms with Crippen molar-refractivity contribution in [2.24, 2.45) is 0 Å². The average Bonchev–Trinajstić information content (AvgIpc) is 3.32. The Balaban J connectivity index is 1.58. The number of aromatic amines is 1. The number of rotatable bonds is 8. The summed E-state index contributed by atoms with van der Waals surface area (Å²) in [5.41, 5.74) is 1.87. The quantitative estimate of drug-likeness (QED) is 0.630. The maximum Gasteiger partial charge on any atom is 0.407 e. The number of carbonyl (C=O) groups is 2. The molecule has 0 bridgehead atoms. The number of ether oxygens (including phenoxy) is 1. The summed E-state index contributed by atoms with van der Waals surface area (Å²) in [7, 11) is 1.58. The molecule has 1 aliphatic rings. The number of H-pyrrole nitrogens is 1. The van der Waals surface area contributed by atoms with Crippen molar-refractivity contribution < 1.29 is 19.4 Å². The molecule has 0 radical (unpaired) electrons. The highest BCUT2D eigenvalue weighted by atomic mass is 16.5. The number of aromatic nitrogens is 2. The third-order valence-corrected chi connectivity index (χ3v) is 5.41. The molecule has 1 aromatic heterocycles. The standard InChI is InChI=1S/C21H28N4O4/c1-14(13-29-2)25(21(27)28)17-9-8-16(11-17)18-12-19(24-23-18)22-20(26)10-15-6-4-3-5-7-15/h3-7,12,14,16-17H,8-11,13H2,1-2H3,(H,27,28)(H2,22,23,24,26)/t14-,16?,17?/m0/s1. The zero-order valence-corrected chi connectivity index (χ0v) is 16.8. The van der Waals surface area contributed by atoms with Crippen LogP contribution in [-0.4, -0.2) is 58.0 Å². The molecule has 0 aliphatic heterocycles. The van der Waals surface area contributed by atoms with Crippen LogP contribution >= 0.6 is 0 Å². The van der Waals surface area contributed by atoms with E-state index in [0.717, 1.165) is 30.5 Å². The number of hydrogen-bond acceptors (Lipinski definition) is 4. The van der Waals surface area contributed by atoms with Crippen LogP contribution in [0.3, 0.4) is 0 Å². The fraction of sp³-hybridized carbons (Fsp3) is 0.476. The molecule has 1 heterocycles. The lowest BCUT2D eigenvalue weighted by molar-refractivity contribution is -0.115. The van der Waals surface area contributed by atoms with E-state index in [1.165, 1.54) is 4.90 Å². The van der Waals surface area contributed by atoms with E-state index < -0.39 is 6.09 Å². The third kappa shape index (κ3) is 5.35. The molecule has 8 nitrogen and oxygen atoms in total. The molecule has 2 unspecified atom stereocenters. The molecule has 3 rings (SSSR count). The van der Waals surface area contributed by atoms with Gasteiger partial charge < -0.3 is 20.1 Å². The molecule has 1 aliphatic carbocycles. The molecule has 8 heteroatoms. The highest BCUT2D eigenvalue weighted by molar-refractivity contribution is 5.91. The molecule has 1 aromatic carbocycles. The Bertz CT molecular complexity index is 823. The topological polar surface area (TPSA) is 108 Å². The minimum atomic E-state index is -0.918. The number of carbonyl (C=O) groups excluding carboxylic acids is 1. The van der Waals surface area contributed by atoms with E-state index in [4.69, 9.17) is 4.74 Å². The van der Waals surface area contributed by atoms with Crippen LogP contribution in [0, 0.1) is 0 Å².